The number of hydrogen-bond acceptors (Lipinski definition) is 3. The number of nitrogens with one attached hydrogen (secondary N) is 2. The summed E-state index contributed by atoms with van der Waals surface area (Å²) in [5.74, 6) is -1.16. The Morgan fingerprint density at radius 2 is 1.87 bits per heavy atom. The molecule has 2 N–H and O–H groups in total. The zero-order valence-corrected chi connectivity index (χ0v) is 16.8. The van der Waals surface area contributed by atoms with Gasteiger partial charge in [-0.25, -0.2) is 9.18 Å². The zero-order chi connectivity index (χ0) is 21.3. The van der Waals surface area contributed by atoms with Gasteiger partial charge in [0.2, 0.25) is 5.91 Å². The fourth-order valence-corrected chi connectivity index (χ4v) is 4.12. The number of carbonyl (C=O) groups excluding carboxylic acids is 3. The fraction of sp³-hybridized carbons (Fsp3) is 0.348. The number of fused-ring (bicyclic) bond motifs is 1. The third-order valence-corrected chi connectivity index (χ3v) is 5.90. The second kappa shape index (κ2) is 7.89. The summed E-state index contributed by atoms with van der Waals surface area (Å²) in [7, 11) is 0. The van der Waals surface area contributed by atoms with Crippen LogP contribution in [-0.2, 0) is 34.4 Å². The van der Waals surface area contributed by atoms with Crippen molar-refractivity contribution < 1.29 is 18.8 Å². The minimum absolute atomic E-state index is 0.312. The van der Waals surface area contributed by atoms with Gasteiger partial charge in [-0.2, -0.15) is 0 Å². The highest BCUT2D eigenvalue weighted by atomic mass is 19.1. The van der Waals surface area contributed by atoms with Crippen molar-refractivity contribution in [3.63, 3.8) is 0 Å². The highest BCUT2D eigenvalue weighted by Crippen LogP contribution is 2.32. The number of aryl methyl sites for hydroxylation is 2. The van der Waals surface area contributed by atoms with E-state index in [9.17, 15) is 18.8 Å². The van der Waals surface area contributed by atoms with Crippen LogP contribution in [0.1, 0.15) is 35.6 Å². The van der Waals surface area contributed by atoms with Gasteiger partial charge in [-0.1, -0.05) is 30.3 Å². The Labute approximate surface area is 174 Å². The first-order valence-corrected chi connectivity index (χ1v) is 10.1. The van der Waals surface area contributed by atoms with Crippen LogP contribution in [0.4, 0.5) is 9.18 Å². The summed E-state index contributed by atoms with van der Waals surface area (Å²) < 4.78 is 12.9. The van der Waals surface area contributed by atoms with Crippen LogP contribution in [0.5, 0.6) is 0 Å². The molecule has 0 aromatic heterocycles. The van der Waals surface area contributed by atoms with Crippen molar-refractivity contribution in [3.05, 3.63) is 70.5 Å². The van der Waals surface area contributed by atoms with Gasteiger partial charge >= 0.3 is 6.03 Å². The maximum atomic E-state index is 13.0. The molecule has 2 aromatic carbocycles. The largest absolute Gasteiger partial charge is 0.354 e. The highest BCUT2D eigenvalue weighted by molar-refractivity contribution is 6.09. The molecule has 7 heteroatoms. The van der Waals surface area contributed by atoms with Crippen LogP contribution in [0.2, 0.25) is 0 Å². The van der Waals surface area contributed by atoms with Crippen LogP contribution in [0.25, 0.3) is 0 Å². The quantitative estimate of drug-likeness (QED) is 0.720. The zero-order valence-electron chi connectivity index (χ0n) is 16.8. The van der Waals surface area contributed by atoms with Crippen molar-refractivity contribution in [1.29, 1.82) is 0 Å². The number of amides is 4. The third kappa shape index (κ3) is 3.79. The van der Waals surface area contributed by atoms with E-state index in [2.05, 4.69) is 10.6 Å². The molecule has 1 unspecified atom stereocenters. The lowest BCUT2D eigenvalue weighted by Crippen LogP contribution is -2.43. The van der Waals surface area contributed by atoms with Gasteiger partial charge in [0, 0.05) is 6.54 Å². The molecule has 0 saturated carbocycles. The molecule has 4 amide bonds. The first-order chi connectivity index (χ1) is 14.4. The summed E-state index contributed by atoms with van der Waals surface area (Å²) >= 11 is 0. The summed E-state index contributed by atoms with van der Waals surface area (Å²) in [6, 6.07) is 11.4. The van der Waals surface area contributed by atoms with Crippen LogP contribution < -0.4 is 10.6 Å². The van der Waals surface area contributed by atoms with E-state index in [4.69, 9.17) is 0 Å². The Kier molecular flexibility index (Phi) is 5.28. The Balaban J connectivity index is 1.37. The predicted molar refractivity (Wildman–Crippen MR) is 109 cm³/mol. The average Bonchev–Trinajstić information content (AvgIpc) is 3.28. The van der Waals surface area contributed by atoms with Crippen LogP contribution in [0.3, 0.4) is 0 Å². The molecule has 4 rings (SSSR count). The number of rotatable bonds is 6. The lowest BCUT2D eigenvalue weighted by atomic mass is 9.89. The Bertz CT molecular complexity index is 1010. The van der Waals surface area contributed by atoms with Gasteiger partial charge in [-0.05, 0) is 67.0 Å². The molecule has 1 heterocycles. The lowest BCUT2D eigenvalue weighted by Gasteiger charge is -2.23. The molecule has 30 heavy (non-hydrogen) atoms. The van der Waals surface area contributed by atoms with Crippen molar-refractivity contribution in [2.24, 2.45) is 0 Å². The Morgan fingerprint density at radius 3 is 2.63 bits per heavy atom. The molecule has 0 spiro atoms. The Hall–Kier alpha value is -3.22. The van der Waals surface area contributed by atoms with Gasteiger partial charge in [0.1, 0.15) is 17.9 Å². The first-order valence-electron chi connectivity index (χ1n) is 10.1. The molecular formula is C23H24FN3O3. The van der Waals surface area contributed by atoms with Gasteiger partial charge in [0.15, 0.2) is 0 Å². The maximum absolute atomic E-state index is 13.0. The molecular weight excluding hydrogens is 385 g/mol. The molecule has 1 atom stereocenters. The van der Waals surface area contributed by atoms with Crippen molar-refractivity contribution in [2.75, 3.05) is 13.1 Å². The summed E-state index contributed by atoms with van der Waals surface area (Å²) in [5, 5.41) is 5.46. The van der Waals surface area contributed by atoms with Crippen LogP contribution in [0.15, 0.2) is 42.5 Å². The summed E-state index contributed by atoms with van der Waals surface area (Å²) in [6.45, 7) is 1.67. The molecule has 1 saturated heterocycles. The normalized spacial score (nSPS) is 20.3. The lowest BCUT2D eigenvalue weighted by molar-refractivity contribution is -0.134. The van der Waals surface area contributed by atoms with Crippen LogP contribution in [-0.4, -0.2) is 35.8 Å². The molecule has 2 aliphatic rings. The molecule has 0 bridgehead atoms. The molecule has 2 aromatic rings. The number of nitrogens with zero attached hydrogens (tertiary/aromatic N) is 1. The topological polar surface area (TPSA) is 78.5 Å². The number of hydrogen-bond donors (Lipinski definition) is 2. The van der Waals surface area contributed by atoms with E-state index in [1.807, 2.05) is 18.2 Å². The minimum atomic E-state index is -1.18. The highest BCUT2D eigenvalue weighted by Gasteiger charge is 2.49. The van der Waals surface area contributed by atoms with Crippen LogP contribution in [0, 0.1) is 5.82 Å². The monoisotopic (exact) mass is 409 g/mol. The average molecular weight is 409 g/mol. The molecule has 6 nitrogen and oxygen atoms in total. The SMILES string of the molecule is CC1(c2ccc3c(c2)CCC3)NC(=O)N(CC(=O)NCCc2ccc(F)cc2)C1=O. The van der Waals surface area contributed by atoms with Crippen molar-refractivity contribution in [1.82, 2.24) is 15.5 Å². The van der Waals surface area contributed by atoms with Crippen LogP contribution >= 0.6 is 0 Å². The second-order valence-electron chi connectivity index (χ2n) is 8.01. The molecule has 1 fully saturated rings. The van der Waals surface area contributed by atoms with Crippen molar-refractivity contribution >= 4 is 17.8 Å². The molecule has 1 aliphatic carbocycles. The number of carbonyl (C=O) groups is 3. The summed E-state index contributed by atoms with van der Waals surface area (Å²) in [6.07, 6.45) is 3.64. The number of urea groups is 1. The van der Waals surface area contributed by atoms with Gasteiger partial charge in [0.25, 0.3) is 5.91 Å². The third-order valence-electron chi connectivity index (χ3n) is 5.90. The molecule has 0 radical (unpaired) electrons. The van der Waals surface area contributed by atoms with E-state index < -0.39 is 23.4 Å². The van der Waals surface area contributed by atoms with Gasteiger partial charge < -0.3 is 10.6 Å². The Morgan fingerprint density at radius 1 is 1.13 bits per heavy atom. The second-order valence-corrected chi connectivity index (χ2v) is 8.01. The standard InChI is InChI=1S/C23H24FN3O3/c1-23(18-8-7-16-3-2-4-17(16)13-18)21(29)27(22(30)26-23)14-20(28)25-12-11-15-5-9-19(24)10-6-15/h5-10,13H,2-4,11-12,14H2,1H3,(H,25,28)(H,26,30). The van der Waals surface area contributed by atoms with E-state index in [0.29, 0.717) is 13.0 Å². The van der Waals surface area contributed by atoms with Gasteiger partial charge in [-0.15, -0.1) is 0 Å². The maximum Gasteiger partial charge on any atom is 0.325 e. The number of halogens is 1. The van der Waals surface area contributed by atoms with Crippen molar-refractivity contribution in [3.8, 4) is 0 Å². The summed E-state index contributed by atoms with van der Waals surface area (Å²) in [4.78, 5) is 38.7. The van der Waals surface area contributed by atoms with E-state index >= 15 is 0 Å². The van der Waals surface area contributed by atoms with Crippen molar-refractivity contribution in [2.45, 2.75) is 38.1 Å². The number of imide groups is 1. The predicted octanol–water partition coefficient (Wildman–Crippen LogP) is 2.44. The van der Waals surface area contributed by atoms with E-state index in [-0.39, 0.29) is 12.4 Å². The number of benzene rings is 2. The molecule has 156 valence electrons. The minimum Gasteiger partial charge on any atom is -0.354 e. The van der Waals surface area contributed by atoms with E-state index in [1.54, 1.807) is 19.1 Å². The van der Waals surface area contributed by atoms with Gasteiger partial charge in [0.05, 0.1) is 0 Å². The fourth-order valence-electron chi connectivity index (χ4n) is 4.12. The van der Waals surface area contributed by atoms with Gasteiger partial charge in [-0.3, -0.25) is 14.5 Å². The summed E-state index contributed by atoms with van der Waals surface area (Å²) in [5.41, 5.74) is 2.95. The smallest absolute Gasteiger partial charge is 0.325 e. The van der Waals surface area contributed by atoms with E-state index in [0.717, 1.165) is 35.3 Å². The molecule has 1 aliphatic heterocycles. The first kappa shape index (κ1) is 20.1. The van der Waals surface area contributed by atoms with E-state index in [1.165, 1.54) is 23.3 Å².